The first-order chi connectivity index (χ1) is 11.3. The van der Waals surface area contributed by atoms with Crippen LogP contribution in [0.25, 0.3) is 0 Å². The Morgan fingerprint density at radius 2 is 1.91 bits per heavy atom. The van der Waals surface area contributed by atoms with Crippen LogP contribution in [0.1, 0.15) is 22.0 Å². The van der Waals surface area contributed by atoms with Gasteiger partial charge in [-0.05, 0) is 29.8 Å². The van der Waals surface area contributed by atoms with Gasteiger partial charge in [-0.3, -0.25) is 10.2 Å². The third-order valence-corrected chi connectivity index (χ3v) is 4.13. The van der Waals surface area contributed by atoms with Crippen LogP contribution >= 0.6 is 0 Å². The highest BCUT2D eigenvalue weighted by Gasteiger charge is 2.28. The third-order valence-electron chi connectivity index (χ3n) is 4.13. The Balaban J connectivity index is 1.59. The first kappa shape index (κ1) is 15.5. The predicted molar refractivity (Wildman–Crippen MR) is 89.1 cm³/mol. The van der Waals surface area contributed by atoms with Gasteiger partial charge in [0.2, 0.25) is 0 Å². The molecule has 0 spiro atoms. The highest BCUT2D eigenvalue weighted by atomic mass is 16.5. The highest BCUT2D eigenvalue weighted by molar-refractivity contribution is 5.94. The Hall–Kier alpha value is -2.37. The first-order valence-corrected chi connectivity index (χ1v) is 7.73. The van der Waals surface area contributed by atoms with E-state index in [-0.39, 0.29) is 11.9 Å². The van der Waals surface area contributed by atoms with E-state index in [1.807, 2.05) is 18.2 Å². The zero-order chi connectivity index (χ0) is 16.1. The van der Waals surface area contributed by atoms with E-state index in [0.717, 1.165) is 12.3 Å². The maximum atomic E-state index is 12.3. The van der Waals surface area contributed by atoms with Gasteiger partial charge in [0.05, 0.1) is 13.2 Å². The Kier molecular flexibility index (Phi) is 4.90. The molecule has 0 aliphatic carbocycles. The van der Waals surface area contributed by atoms with E-state index in [1.54, 1.807) is 31.4 Å². The van der Waals surface area contributed by atoms with E-state index in [0.29, 0.717) is 18.0 Å². The molecule has 2 aromatic carbocycles. The quantitative estimate of drug-likeness (QED) is 0.789. The summed E-state index contributed by atoms with van der Waals surface area (Å²) < 4.78 is 5.10. The van der Waals surface area contributed by atoms with Crippen LogP contribution in [-0.2, 0) is 0 Å². The van der Waals surface area contributed by atoms with E-state index >= 15 is 0 Å². The van der Waals surface area contributed by atoms with Gasteiger partial charge in [-0.2, -0.15) is 0 Å². The van der Waals surface area contributed by atoms with Crippen LogP contribution in [0.5, 0.6) is 5.75 Å². The molecule has 1 aliphatic rings. The fourth-order valence-electron chi connectivity index (χ4n) is 2.81. The normalized spacial score (nSPS) is 20.2. The van der Waals surface area contributed by atoms with Crippen molar-refractivity contribution in [1.82, 2.24) is 16.2 Å². The van der Waals surface area contributed by atoms with Crippen LogP contribution in [0, 0.1) is 5.92 Å². The summed E-state index contributed by atoms with van der Waals surface area (Å²) in [5.41, 5.74) is 8.33. The summed E-state index contributed by atoms with van der Waals surface area (Å²) in [6.45, 7) is 1.44. The number of ether oxygens (including phenoxy) is 1. The van der Waals surface area contributed by atoms with Crippen LogP contribution in [0.4, 0.5) is 0 Å². The molecule has 3 N–H and O–H groups in total. The third kappa shape index (κ3) is 3.70. The zero-order valence-corrected chi connectivity index (χ0v) is 13.1. The minimum Gasteiger partial charge on any atom is -0.497 e. The maximum Gasteiger partial charge on any atom is 0.251 e. The molecule has 1 saturated heterocycles. The summed E-state index contributed by atoms with van der Waals surface area (Å²) in [6, 6.07) is 17.6. The number of hydrazine groups is 1. The standard InChI is InChI=1S/C18H21N3O2/c1-23-16-9-7-14(8-10-16)18(22)19-11-15-12-20-21-17(15)13-5-3-2-4-6-13/h2-10,15,17,20-21H,11-12H2,1H3,(H,19,22). The molecule has 5 heteroatoms. The van der Waals surface area contributed by atoms with Crippen molar-refractivity contribution in [2.75, 3.05) is 20.2 Å². The van der Waals surface area contributed by atoms with Gasteiger partial charge in [0.25, 0.3) is 5.91 Å². The Bertz CT molecular complexity index is 643. The van der Waals surface area contributed by atoms with Gasteiger partial charge in [-0.25, -0.2) is 5.43 Å². The molecule has 0 radical (unpaired) electrons. The number of carbonyl (C=O) groups excluding carboxylic acids is 1. The van der Waals surface area contributed by atoms with Crippen LogP contribution in [0.15, 0.2) is 54.6 Å². The van der Waals surface area contributed by atoms with Crippen molar-refractivity contribution >= 4 is 5.91 Å². The molecule has 0 bridgehead atoms. The monoisotopic (exact) mass is 311 g/mol. The van der Waals surface area contributed by atoms with Crippen LogP contribution in [0.2, 0.25) is 0 Å². The second-order valence-corrected chi connectivity index (χ2v) is 5.61. The molecular weight excluding hydrogens is 290 g/mol. The Morgan fingerprint density at radius 1 is 1.17 bits per heavy atom. The number of rotatable bonds is 5. The van der Waals surface area contributed by atoms with Gasteiger partial charge in [-0.15, -0.1) is 0 Å². The Labute approximate surface area is 136 Å². The van der Waals surface area contributed by atoms with Crippen molar-refractivity contribution in [3.63, 3.8) is 0 Å². The minimum absolute atomic E-state index is 0.0636. The molecule has 0 aromatic heterocycles. The van der Waals surface area contributed by atoms with E-state index in [4.69, 9.17) is 4.74 Å². The maximum absolute atomic E-state index is 12.3. The SMILES string of the molecule is COc1ccc(C(=O)NCC2CNNC2c2ccccc2)cc1. The Morgan fingerprint density at radius 3 is 2.61 bits per heavy atom. The lowest BCUT2D eigenvalue weighted by Gasteiger charge is -2.19. The van der Waals surface area contributed by atoms with Crippen molar-refractivity contribution in [1.29, 1.82) is 0 Å². The summed E-state index contributed by atoms with van der Waals surface area (Å²) in [5, 5.41) is 3.02. The first-order valence-electron chi connectivity index (χ1n) is 7.73. The number of methoxy groups -OCH3 is 1. The zero-order valence-electron chi connectivity index (χ0n) is 13.1. The van der Waals surface area contributed by atoms with Gasteiger partial charge >= 0.3 is 0 Å². The summed E-state index contributed by atoms with van der Waals surface area (Å²) in [7, 11) is 1.61. The van der Waals surface area contributed by atoms with Crippen LogP contribution in [0.3, 0.4) is 0 Å². The summed E-state index contributed by atoms with van der Waals surface area (Å²) in [4.78, 5) is 12.3. The molecular formula is C18H21N3O2. The number of amides is 1. The number of carbonyl (C=O) groups is 1. The molecule has 2 unspecified atom stereocenters. The largest absolute Gasteiger partial charge is 0.497 e. The van der Waals surface area contributed by atoms with Crippen LogP contribution < -0.4 is 20.9 Å². The lowest BCUT2D eigenvalue weighted by molar-refractivity contribution is 0.0947. The van der Waals surface area contributed by atoms with Crippen molar-refractivity contribution in [3.05, 3.63) is 65.7 Å². The van der Waals surface area contributed by atoms with Gasteiger partial charge < -0.3 is 10.1 Å². The highest BCUT2D eigenvalue weighted by Crippen LogP contribution is 2.24. The molecule has 3 rings (SSSR count). The van der Waals surface area contributed by atoms with E-state index in [1.165, 1.54) is 5.56 Å². The lowest BCUT2D eigenvalue weighted by Crippen LogP contribution is -2.32. The molecule has 2 aromatic rings. The van der Waals surface area contributed by atoms with Crippen LogP contribution in [-0.4, -0.2) is 26.1 Å². The van der Waals surface area contributed by atoms with Crippen molar-refractivity contribution in [2.45, 2.75) is 6.04 Å². The molecule has 5 nitrogen and oxygen atoms in total. The number of nitrogens with one attached hydrogen (secondary N) is 3. The summed E-state index contributed by atoms with van der Waals surface area (Å²) >= 11 is 0. The molecule has 0 saturated carbocycles. The van der Waals surface area contributed by atoms with Gasteiger partial charge in [-0.1, -0.05) is 30.3 Å². The van der Waals surface area contributed by atoms with Crippen molar-refractivity contribution in [3.8, 4) is 5.75 Å². The number of hydrogen-bond donors (Lipinski definition) is 3. The number of benzene rings is 2. The molecule has 23 heavy (non-hydrogen) atoms. The average molecular weight is 311 g/mol. The predicted octanol–water partition coefficient (Wildman–Crippen LogP) is 1.89. The van der Waals surface area contributed by atoms with Gasteiger partial charge in [0.15, 0.2) is 0 Å². The van der Waals surface area contributed by atoms with E-state index in [2.05, 4.69) is 28.3 Å². The number of hydrogen-bond acceptors (Lipinski definition) is 4. The molecule has 120 valence electrons. The van der Waals surface area contributed by atoms with Crippen molar-refractivity contribution in [2.24, 2.45) is 5.92 Å². The minimum atomic E-state index is -0.0636. The molecule has 1 amide bonds. The smallest absolute Gasteiger partial charge is 0.251 e. The van der Waals surface area contributed by atoms with E-state index in [9.17, 15) is 4.79 Å². The molecule has 1 heterocycles. The van der Waals surface area contributed by atoms with Gasteiger partial charge in [0, 0.05) is 24.6 Å². The molecule has 1 aliphatic heterocycles. The second-order valence-electron chi connectivity index (χ2n) is 5.61. The van der Waals surface area contributed by atoms with Gasteiger partial charge in [0.1, 0.15) is 5.75 Å². The lowest BCUT2D eigenvalue weighted by atomic mass is 9.95. The fraction of sp³-hybridized carbons (Fsp3) is 0.278. The fourth-order valence-corrected chi connectivity index (χ4v) is 2.81. The van der Waals surface area contributed by atoms with E-state index < -0.39 is 0 Å². The molecule has 2 atom stereocenters. The molecule has 1 fully saturated rings. The summed E-state index contributed by atoms with van der Waals surface area (Å²) in [6.07, 6.45) is 0. The topological polar surface area (TPSA) is 62.4 Å². The summed E-state index contributed by atoms with van der Waals surface area (Å²) in [5.74, 6) is 0.987. The average Bonchev–Trinajstić information content (AvgIpc) is 3.09. The van der Waals surface area contributed by atoms with Crippen molar-refractivity contribution < 1.29 is 9.53 Å². The second kappa shape index (κ2) is 7.26.